The van der Waals surface area contributed by atoms with Gasteiger partial charge in [0.05, 0.1) is 11.0 Å². The van der Waals surface area contributed by atoms with Crippen molar-refractivity contribution in [2.24, 2.45) is 5.92 Å². The molecule has 1 aliphatic carbocycles. The van der Waals surface area contributed by atoms with E-state index >= 15 is 0 Å². The summed E-state index contributed by atoms with van der Waals surface area (Å²) >= 11 is 0. The minimum absolute atomic E-state index is 0.169. The second kappa shape index (κ2) is 4.57. The molecule has 4 unspecified atom stereocenters. The van der Waals surface area contributed by atoms with E-state index in [2.05, 4.69) is 12.2 Å². The van der Waals surface area contributed by atoms with Gasteiger partial charge < -0.3 is 5.11 Å². The fourth-order valence-corrected chi connectivity index (χ4v) is 5.21. The zero-order valence-corrected chi connectivity index (χ0v) is 10.7. The lowest BCUT2D eigenvalue weighted by atomic mass is 9.83. The predicted molar refractivity (Wildman–Crippen MR) is 63.6 cm³/mol. The molecule has 0 aromatic heterocycles. The zero-order valence-electron chi connectivity index (χ0n) is 9.93. The number of carboxylic acid groups (broad SMARTS) is 1. The molecule has 6 heteroatoms. The van der Waals surface area contributed by atoms with Gasteiger partial charge in [-0.15, -0.1) is 0 Å². The van der Waals surface area contributed by atoms with E-state index < -0.39 is 21.8 Å². The van der Waals surface area contributed by atoms with Crippen molar-refractivity contribution in [3.63, 3.8) is 0 Å². The first-order valence-corrected chi connectivity index (χ1v) is 7.86. The van der Waals surface area contributed by atoms with Crippen molar-refractivity contribution >= 4 is 15.8 Å². The quantitative estimate of drug-likeness (QED) is 0.752. The molecule has 98 valence electrons. The number of fused-ring (bicyclic) bond motifs is 1. The second-order valence-corrected chi connectivity index (χ2v) is 7.38. The highest BCUT2D eigenvalue weighted by Gasteiger charge is 2.45. The van der Waals surface area contributed by atoms with E-state index in [4.69, 9.17) is 5.11 Å². The van der Waals surface area contributed by atoms with Crippen molar-refractivity contribution in [3.8, 4) is 0 Å². The van der Waals surface area contributed by atoms with Crippen LogP contribution in [0.25, 0.3) is 0 Å². The van der Waals surface area contributed by atoms with Gasteiger partial charge in [0.25, 0.3) is 0 Å². The summed E-state index contributed by atoms with van der Waals surface area (Å²) in [7, 11) is -3.26. The van der Waals surface area contributed by atoms with E-state index in [9.17, 15) is 13.2 Å². The molecule has 1 heterocycles. The van der Waals surface area contributed by atoms with Gasteiger partial charge in [-0.05, 0) is 25.2 Å². The van der Waals surface area contributed by atoms with Crippen LogP contribution in [-0.2, 0) is 14.6 Å². The maximum absolute atomic E-state index is 12.1. The third kappa shape index (κ3) is 2.47. The van der Waals surface area contributed by atoms with Gasteiger partial charge in [-0.25, -0.2) is 8.42 Å². The molecule has 0 amide bonds. The van der Waals surface area contributed by atoms with Gasteiger partial charge in [0.1, 0.15) is 6.04 Å². The van der Waals surface area contributed by atoms with Crippen LogP contribution >= 0.6 is 0 Å². The molecule has 2 aliphatic rings. The first-order valence-electron chi connectivity index (χ1n) is 6.14. The SMILES string of the molecule is CCC1CCC2NC(C(=O)O)CS(=O)(=O)C2C1. The Morgan fingerprint density at radius 3 is 2.71 bits per heavy atom. The molecule has 0 radical (unpaired) electrons. The molecule has 1 aliphatic heterocycles. The summed E-state index contributed by atoms with van der Waals surface area (Å²) in [4.78, 5) is 10.9. The summed E-state index contributed by atoms with van der Waals surface area (Å²) in [6.07, 6.45) is 3.45. The van der Waals surface area contributed by atoms with E-state index in [-0.39, 0.29) is 17.0 Å². The highest BCUT2D eigenvalue weighted by atomic mass is 32.2. The Hall–Kier alpha value is -0.620. The van der Waals surface area contributed by atoms with Crippen molar-refractivity contribution in [3.05, 3.63) is 0 Å². The summed E-state index contributed by atoms with van der Waals surface area (Å²) < 4.78 is 24.2. The summed E-state index contributed by atoms with van der Waals surface area (Å²) in [5, 5.41) is 11.5. The summed E-state index contributed by atoms with van der Waals surface area (Å²) in [6.45, 7) is 2.08. The number of hydrogen-bond acceptors (Lipinski definition) is 4. The maximum atomic E-state index is 12.1. The first-order chi connectivity index (χ1) is 7.94. The van der Waals surface area contributed by atoms with E-state index in [1.165, 1.54) is 0 Å². The van der Waals surface area contributed by atoms with Crippen LogP contribution in [0.4, 0.5) is 0 Å². The number of sulfone groups is 1. The van der Waals surface area contributed by atoms with Crippen LogP contribution in [0.2, 0.25) is 0 Å². The Morgan fingerprint density at radius 2 is 2.12 bits per heavy atom. The fraction of sp³-hybridized carbons (Fsp3) is 0.909. The van der Waals surface area contributed by atoms with Crippen molar-refractivity contribution in [2.45, 2.75) is 49.9 Å². The van der Waals surface area contributed by atoms with E-state index in [1.54, 1.807) is 0 Å². The van der Waals surface area contributed by atoms with Crippen LogP contribution in [0, 0.1) is 5.92 Å². The average Bonchev–Trinajstić information content (AvgIpc) is 2.27. The summed E-state index contributed by atoms with van der Waals surface area (Å²) in [5.74, 6) is -0.862. The van der Waals surface area contributed by atoms with Crippen LogP contribution in [0.1, 0.15) is 32.6 Å². The van der Waals surface area contributed by atoms with Crippen molar-refractivity contribution in [2.75, 3.05) is 5.75 Å². The van der Waals surface area contributed by atoms with E-state index in [0.29, 0.717) is 12.3 Å². The van der Waals surface area contributed by atoms with Crippen LogP contribution in [0.3, 0.4) is 0 Å². The lowest BCUT2D eigenvalue weighted by Crippen LogP contribution is -2.61. The van der Waals surface area contributed by atoms with Gasteiger partial charge in [0.2, 0.25) is 0 Å². The number of nitrogens with one attached hydrogen (secondary N) is 1. The Balaban J connectivity index is 2.18. The van der Waals surface area contributed by atoms with Gasteiger partial charge >= 0.3 is 5.97 Å². The molecule has 1 saturated carbocycles. The normalized spacial score (nSPS) is 40.5. The molecular formula is C11H19NO4S. The largest absolute Gasteiger partial charge is 0.480 e. The number of aliphatic carboxylic acids is 1. The standard InChI is InChI=1S/C11H19NO4S/c1-2-7-3-4-8-10(5-7)17(15,16)6-9(12-8)11(13)14/h7-10,12H,2-6H2,1H3,(H,13,14). The number of hydrogen-bond donors (Lipinski definition) is 2. The second-order valence-electron chi connectivity index (χ2n) is 5.12. The molecule has 0 spiro atoms. The van der Waals surface area contributed by atoms with E-state index in [0.717, 1.165) is 19.3 Å². The Kier molecular flexibility index (Phi) is 3.45. The Labute approximate surface area is 102 Å². The molecule has 0 aromatic carbocycles. The zero-order chi connectivity index (χ0) is 12.6. The molecular weight excluding hydrogens is 242 g/mol. The monoisotopic (exact) mass is 261 g/mol. The molecule has 17 heavy (non-hydrogen) atoms. The van der Waals surface area contributed by atoms with Crippen LogP contribution in [-0.4, -0.2) is 42.6 Å². The molecule has 4 atom stereocenters. The Morgan fingerprint density at radius 1 is 1.41 bits per heavy atom. The van der Waals surface area contributed by atoms with E-state index in [1.807, 2.05) is 0 Å². The van der Waals surface area contributed by atoms with Gasteiger partial charge in [-0.1, -0.05) is 13.3 Å². The fourth-order valence-electron chi connectivity index (χ4n) is 2.98. The van der Waals surface area contributed by atoms with Crippen LogP contribution < -0.4 is 5.32 Å². The molecule has 2 N–H and O–H groups in total. The van der Waals surface area contributed by atoms with Crippen molar-refractivity contribution in [1.82, 2.24) is 5.32 Å². The lowest BCUT2D eigenvalue weighted by Gasteiger charge is -2.41. The van der Waals surface area contributed by atoms with Crippen molar-refractivity contribution < 1.29 is 18.3 Å². The van der Waals surface area contributed by atoms with Crippen LogP contribution in [0.5, 0.6) is 0 Å². The minimum atomic E-state index is -3.26. The number of carbonyl (C=O) groups is 1. The van der Waals surface area contributed by atoms with Crippen LogP contribution in [0.15, 0.2) is 0 Å². The highest BCUT2D eigenvalue weighted by molar-refractivity contribution is 7.92. The maximum Gasteiger partial charge on any atom is 0.321 e. The van der Waals surface area contributed by atoms with Crippen molar-refractivity contribution in [1.29, 1.82) is 0 Å². The molecule has 2 fully saturated rings. The number of rotatable bonds is 2. The van der Waals surface area contributed by atoms with Gasteiger partial charge in [-0.2, -0.15) is 0 Å². The topological polar surface area (TPSA) is 83.5 Å². The molecule has 2 rings (SSSR count). The smallest absolute Gasteiger partial charge is 0.321 e. The van der Waals surface area contributed by atoms with Gasteiger partial charge in [-0.3, -0.25) is 10.1 Å². The van der Waals surface area contributed by atoms with Gasteiger partial charge in [0.15, 0.2) is 9.84 Å². The molecule has 1 saturated heterocycles. The summed E-state index contributed by atoms with van der Waals surface area (Å²) in [6, 6.07) is -1.10. The third-order valence-electron chi connectivity index (χ3n) is 4.05. The van der Waals surface area contributed by atoms with Gasteiger partial charge in [0, 0.05) is 6.04 Å². The Bertz CT molecular complexity index is 406. The molecule has 5 nitrogen and oxygen atoms in total. The first kappa shape index (κ1) is 12.8. The number of carboxylic acids is 1. The summed E-state index contributed by atoms with van der Waals surface area (Å²) in [5.41, 5.74) is 0. The lowest BCUT2D eigenvalue weighted by molar-refractivity contribution is -0.139. The minimum Gasteiger partial charge on any atom is -0.480 e. The average molecular weight is 261 g/mol. The molecule has 0 aromatic rings. The highest BCUT2D eigenvalue weighted by Crippen LogP contribution is 2.33. The molecule has 0 bridgehead atoms. The predicted octanol–water partition coefficient (Wildman–Crippen LogP) is 0.405. The third-order valence-corrected chi connectivity index (χ3v) is 6.29.